The molecule has 24 heavy (non-hydrogen) atoms. The molecule has 0 unspecified atom stereocenters. The van der Waals surface area contributed by atoms with Crippen molar-refractivity contribution in [1.29, 1.82) is 5.41 Å². The topological polar surface area (TPSA) is 106 Å². The molecule has 0 spiro atoms. The summed E-state index contributed by atoms with van der Waals surface area (Å²) in [6.45, 7) is 3.20. The van der Waals surface area contributed by atoms with Gasteiger partial charge in [0.1, 0.15) is 17.3 Å². The Bertz CT molecular complexity index is 771. The number of aromatic nitrogens is 2. The molecule has 1 fully saturated rings. The average molecular weight is 325 g/mol. The van der Waals surface area contributed by atoms with Crippen LogP contribution in [0.25, 0.3) is 5.57 Å². The van der Waals surface area contributed by atoms with E-state index in [4.69, 9.17) is 20.6 Å². The largest absolute Gasteiger partial charge is 0.455 e. The first-order chi connectivity index (χ1) is 11.7. The summed E-state index contributed by atoms with van der Waals surface area (Å²) in [5.74, 6) is 1.70. The van der Waals surface area contributed by atoms with Crippen LogP contribution in [0, 0.1) is 12.3 Å². The SMILES string of the molecule is Cc1nc(N)ccc1Oc1ccnc(/C(C=N)=C/NC2COC2)c1. The second kappa shape index (κ2) is 7.10. The minimum Gasteiger partial charge on any atom is -0.455 e. The smallest absolute Gasteiger partial charge is 0.148 e. The van der Waals surface area contributed by atoms with Crippen LogP contribution in [0.5, 0.6) is 11.5 Å². The molecule has 7 heteroatoms. The summed E-state index contributed by atoms with van der Waals surface area (Å²) in [7, 11) is 0. The van der Waals surface area contributed by atoms with Gasteiger partial charge in [0.15, 0.2) is 0 Å². The maximum absolute atomic E-state index is 7.60. The van der Waals surface area contributed by atoms with E-state index in [1.807, 2.05) is 6.92 Å². The maximum Gasteiger partial charge on any atom is 0.148 e. The number of hydrogen-bond donors (Lipinski definition) is 3. The number of pyridine rings is 2. The standard InChI is InChI=1S/C17H19N5O2/c1-11-16(2-3-17(19)22-11)24-14-4-5-20-15(6-14)12(7-18)8-21-13-9-23-10-13/h2-8,13,18,21H,9-10H2,1H3,(H2,19,22)/b12-8+,18-7?. The highest BCUT2D eigenvalue weighted by atomic mass is 16.5. The summed E-state index contributed by atoms with van der Waals surface area (Å²) in [6.07, 6.45) is 4.69. The number of aryl methyl sites for hydroxylation is 1. The molecule has 0 atom stereocenters. The quantitative estimate of drug-likeness (QED) is 0.703. The zero-order valence-electron chi connectivity index (χ0n) is 13.3. The number of nitrogens with one attached hydrogen (secondary N) is 2. The Morgan fingerprint density at radius 1 is 1.42 bits per heavy atom. The summed E-state index contributed by atoms with van der Waals surface area (Å²) in [5, 5.41) is 10.8. The van der Waals surface area contributed by atoms with Crippen molar-refractivity contribution in [1.82, 2.24) is 15.3 Å². The lowest BCUT2D eigenvalue weighted by Crippen LogP contribution is -2.43. The van der Waals surface area contributed by atoms with Crippen LogP contribution in [-0.4, -0.2) is 35.4 Å². The number of nitrogens with zero attached hydrogens (tertiary/aromatic N) is 2. The van der Waals surface area contributed by atoms with Crippen molar-refractivity contribution in [3.8, 4) is 11.5 Å². The van der Waals surface area contributed by atoms with Gasteiger partial charge in [0, 0.05) is 30.3 Å². The van der Waals surface area contributed by atoms with Crippen LogP contribution < -0.4 is 15.8 Å². The Morgan fingerprint density at radius 3 is 2.92 bits per heavy atom. The molecule has 0 aromatic carbocycles. The second-order valence-electron chi connectivity index (χ2n) is 5.44. The van der Waals surface area contributed by atoms with E-state index in [2.05, 4.69) is 15.3 Å². The molecule has 2 aromatic rings. The van der Waals surface area contributed by atoms with E-state index in [0.717, 1.165) is 0 Å². The van der Waals surface area contributed by atoms with Crippen LogP contribution in [0.2, 0.25) is 0 Å². The third kappa shape index (κ3) is 3.69. The molecule has 0 saturated carbocycles. The molecule has 4 N–H and O–H groups in total. The highest BCUT2D eigenvalue weighted by Crippen LogP contribution is 2.25. The predicted octanol–water partition coefficient (Wildman–Crippen LogP) is 2.14. The lowest BCUT2D eigenvalue weighted by atomic mass is 10.2. The van der Waals surface area contributed by atoms with Gasteiger partial charge in [0.25, 0.3) is 0 Å². The average Bonchev–Trinajstić information content (AvgIpc) is 2.53. The molecular formula is C17H19N5O2. The Labute approximate surface area is 140 Å². The first-order valence-electron chi connectivity index (χ1n) is 7.57. The van der Waals surface area contributed by atoms with Gasteiger partial charge in [-0.05, 0) is 25.1 Å². The minimum absolute atomic E-state index is 0.294. The summed E-state index contributed by atoms with van der Waals surface area (Å²) in [4.78, 5) is 8.48. The number of rotatable bonds is 6. The predicted molar refractivity (Wildman–Crippen MR) is 92.2 cm³/mol. The molecule has 1 aliphatic rings. The molecule has 1 aliphatic heterocycles. The van der Waals surface area contributed by atoms with Gasteiger partial charge in [-0.3, -0.25) is 4.98 Å². The maximum atomic E-state index is 7.60. The Hall–Kier alpha value is -2.93. The summed E-state index contributed by atoms with van der Waals surface area (Å²) >= 11 is 0. The normalized spacial score (nSPS) is 14.8. The van der Waals surface area contributed by atoms with Gasteiger partial charge in [0.2, 0.25) is 0 Å². The van der Waals surface area contributed by atoms with Gasteiger partial charge < -0.3 is 25.9 Å². The van der Waals surface area contributed by atoms with Crippen molar-refractivity contribution in [2.24, 2.45) is 0 Å². The fourth-order valence-corrected chi connectivity index (χ4v) is 2.16. The van der Waals surface area contributed by atoms with Crippen molar-refractivity contribution in [2.75, 3.05) is 18.9 Å². The van der Waals surface area contributed by atoms with Crippen molar-refractivity contribution in [3.05, 3.63) is 48.1 Å². The number of ether oxygens (including phenoxy) is 2. The summed E-state index contributed by atoms with van der Waals surface area (Å²) in [5.41, 5.74) is 7.68. The molecule has 1 saturated heterocycles. The van der Waals surface area contributed by atoms with Gasteiger partial charge in [-0.25, -0.2) is 4.98 Å². The van der Waals surface area contributed by atoms with E-state index in [-0.39, 0.29) is 0 Å². The van der Waals surface area contributed by atoms with Crippen molar-refractivity contribution < 1.29 is 9.47 Å². The number of allylic oxidation sites excluding steroid dienone is 1. The van der Waals surface area contributed by atoms with E-state index in [9.17, 15) is 0 Å². The highest BCUT2D eigenvalue weighted by Gasteiger charge is 2.16. The second-order valence-corrected chi connectivity index (χ2v) is 5.44. The number of nitrogens with two attached hydrogens (primary N) is 1. The van der Waals surface area contributed by atoms with Crippen LogP contribution in [0.3, 0.4) is 0 Å². The molecule has 0 aliphatic carbocycles. The van der Waals surface area contributed by atoms with Crippen LogP contribution in [0.15, 0.2) is 36.7 Å². The van der Waals surface area contributed by atoms with Crippen molar-refractivity contribution >= 4 is 17.6 Å². The van der Waals surface area contributed by atoms with Gasteiger partial charge >= 0.3 is 0 Å². The molecule has 0 bridgehead atoms. The molecular weight excluding hydrogens is 306 g/mol. The fourth-order valence-electron chi connectivity index (χ4n) is 2.16. The van der Waals surface area contributed by atoms with Crippen LogP contribution in [0.1, 0.15) is 11.4 Å². The lowest BCUT2D eigenvalue weighted by molar-refractivity contribution is 0.000843. The molecule has 124 valence electrons. The van der Waals surface area contributed by atoms with Gasteiger partial charge in [0.05, 0.1) is 30.6 Å². The van der Waals surface area contributed by atoms with Gasteiger partial charge in [-0.2, -0.15) is 0 Å². The van der Waals surface area contributed by atoms with Crippen molar-refractivity contribution in [3.63, 3.8) is 0 Å². The van der Waals surface area contributed by atoms with Gasteiger partial charge in [-0.1, -0.05) is 0 Å². The fraction of sp³-hybridized carbons (Fsp3) is 0.235. The van der Waals surface area contributed by atoms with Gasteiger partial charge in [-0.15, -0.1) is 0 Å². The zero-order chi connectivity index (χ0) is 16.9. The van der Waals surface area contributed by atoms with Crippen LogP contribution in [-0.2, 0) is 4.74 Å². The molecule has 0 radical (unpaired) electrons. The Kier molecular flexibility index (Phi) is 4.72. The van der Waals surface area contributed by atoms with E-state index >= 15 is 0 Å². The highest BCUT2D eigenvalue weighted by molar-refractivity contribution is 6.07. The van der Waals surface area contributed by atoms with E-state index in [1.54, 1.807) is 36.7 Å². The Morgan fingerprint density at radius 2 is 2.25 bits per heavy atom. The van der Waals surface area contributed by atoms with Crippen molar-refractivity contribution in [2.45, 2.75) is 13.0 Å². The monoisotopic (exact) mass is 325 g/mol. The summed E-state index contributed by atoms with van der Waals surface area (Å²) in [6, 6.07) is 7.31. The molecule has 7 nitrogen and oxygen atoms in total. The third-order valence-electron chi connectivity index (χ3n) is 3.58. The number of hydrogen-bond acceptors (Lipinski definition) is 7. The van der Waals surface area contributed by atoms with E-state index in [1.165, 1.54) is 6.21 Å². The third-order valence-corrected chi connectivity index (χ3v) is 3.58. The first kappa shape index (κ1) is 15.9. The zero-order valence-corrected chi connectivity index (χ0v) is 13.3. The molecule has 2 aromatic heterocycles. The first-order valence-corrected chi connectivity index (χ1v) is 7.57. The molecule has 3 heterocycles. The number of anilines is 1. The van der Waals surface area contributed by atoms with Crippen LogP contribution in [0.4, 0.5) is 5.82 Å². The number of nitrogen functional groups attached to an aromatic ring is 1. The summed E-state index contributed by atoms with van der Waals surface area (Å²) < 4.78 is 11.0. The molecule has 3 rings (SSSR count). The minimum atomic E-state index is 0.294. The van der Waals surface area contributed by atoms with E-state index in [0.29, 0.717) is 53.5 Å². The lowest BCUT2D eigenvalue weighted by Gasteiger charge is -2.26. The van der Waals surface area contributed by atoms with E-state index < -0.39 is 0 Å². The molecule has 0 amide bonds. The Balaban J connectivity index is 1.78. The van der Waals surface area contributed by atoms with Crippen LogP contribution >= 0.6 is 0 Å².